The molecular formula is C24H31N5O4. The van der Waals surface area contributed by atoms with Crippen LogP contribution in [0, 0.1) is 0 Å². The normalized spacial score (nSPS) is 18.9. The highest BCUT2D eigenvalue weighted by Gasteiger charge is 2.35. The third kappa shape index (κ3) is 4.31. The van der Waals surface area contributed by atoms with Crippen LogP contribution in [0.5, 0.6) is 5.88 Å². The summed E-state index contributed by atoms with van der Waals surface area (Å²) in [6.45, 7) is 1.76. The number of aromatic nitrogens is 2. The van der Waals surface area contributed by atoms with Crippen molar-refractivity contribution in [3.8, 4) is 5.88 Å². The van der Waals surface area contributed by atoms with Crippen LogP contribution in [0.15, 0.2) is 39.0 Å². The molecule has 0 bridgehead atoms. The number of amides is 1. The molecule has 2 aromatic rings. The lowest BCUT2D eigenvalue weighted by Gasteiger charge is -2.25. The van der Waals surface area contributed by atoms with Crippen molar-refractivity contribution in [3.63, 3.8) is 0 Å². The second kappa shape index (κ2) is 9.25. The predicted molar refractivity (Wildman–Crippen MR) is 127 cm³/mol. The number of aromatic amines is 1. The van der Waals surface area contributed by atoms with Crippen LogP contribution in [0.1, 0.15) is 75.1 Å². The van der Waals surface area contributed by atoms with Crippen molar-refractivity contribution in [1.29, 1.82) is 0 Å². The van der Waals surface area contributed by atoms with E-state index in [0.29, 0.717) is 5.71 Å². The number of carbonyl (C=O) groups is 1. The third-order valence-corrected chi connectivity index (χ3v) is 6.61. The first kappa shape index (κ1) is 22.8. The van der Waals surface area contributed by atoms with E-state index in [2.05, 4.69) is 10.1 Å². The van der Waals surface area contributed by atoms with Gasteiger partial charge in [0.25, 0.3) is 5.56 Å². The number of benzene rings is 1. The average Bonchev–Trinajstić information content (AvgIpc) is 3.24. The van der Waals surface area contributed by atoms with Crippen LogP contribution in [-0.2, 0) is 4.79 Å². The molecule has 1 aromatic carbocycles. The van der Waals surface area contributed by atoms with Crippen LogP contribution in [0.3, 0.4) is 0 Å². The van der Waals surface area contributed by atoms with Crippen LogP contribution in [0.2, 0.25) is 0 Å². The first-order valence-corrected chi connectivity index (χ1v) is 11.6. The summed E-state index contributed by atoms with van der Waals surface area (Å²) in [5.41, 5.74) is 0.903. The van der Waals surface area contributed by atoms with Crippen molar-refractivity contribution in [2.24, 2.45) is 5.10 Å². The lowest BCUT2D eigenvalue weighted by atomic mass is 9.95. The molecule has 1 aromatic heterocycles. The fourth-order valence-electron chi connectivity index (χ4n) is 4.78. The molecule has 4 rings (SSSR count). The summed E-state index contributed by atoms with van der Waals surface area (Å²) in [6, 6.07) is 7.28. The SMILES string of the molecule is CCC(=O)N1N=C(c2c(O)n(C3CCCCC3)c(=O)[nH]c2=O)CC1c1ccc(N(C)C)cc1. The van der Waals surface area contributed by atoms with Crippen LogP contribution >= 0.6 is 0 Å². The third-order valence-electron chi connectivity index (χ3n) is 6.61. The molecule has 176 valence electrons. The van der Waals surface area contributed by atoms with Crippen molar-refractivity contribution in [1.82, 2.24) is 14.6 Å². The first-order chi connectivity index (χ1) is 15.8. The Labute approximate surface area is 192 Å². The van der Waals surface area contributed by atoms with E-state index >= 15 is 0 Å². The summed E-state index contributed by atoms with van der Waals surface area (Å²) < 4.78 is 1.30. The summed E-state index contributed by atoms with van der Waals surface area (Å²) in [5.74, 6) is -0.537. The van der Waals surface area contributed by atoms with Crippen LogP contribution in [0.4, 0.5) is 5.69 Å². The predicted octanol–water partition coefficient (Wildman–Crippen LogP) is 2.90. The van der Waals surface area contributed by atoms with Gasteiger partial charge in [0.2, 0.25) is 11.8 Å². The largest absolute Gasteiger partial charge is 0.494 e. The van der Waals surface area contributed by atoms with Gasteiger partial charge in [-0.05, 0) is 30.5 Å². The molecule has 1 atom stereocenters. The number of H-pyrrole nitrogens is 1. The van der Waals surface area contributed by atoms with E-state index in [9.17, 15) is 19.5 Å². The number of hydrazone groups is 1. The molecule has 0 radical (unpaired) electrons. The van der Waals surface area contributed by atoms with E-state index in [4.69, 9.17) is 0 Å². The summed E-state index contributed by atoms with van der Waals surface area (Å²) in [5, 5.41) is 16.9. The Morgan fingerprint density at radius 3 is 2.42 bits per heavy atom. The fraction of sp³-hybridized carbons (Fsp3) is 0.500. The van der Waals surface area contributed by atoms with E-state index in [1.807, 2.05) is 43.3 Å². The second-order valence-corrected chi connectivity index (χ2v) is 8.96. The molecular weight excluding hydrogens is 422 g/mol. The van der Waals surface area contributed by atoms with Gasteiger partial charge < -0.3 is 10.0 Å². The Kier molecular flexibility index (Phi) is 6.40. The Balaban J connectivity index is 1.75. The highest BCUT2D eigenvalue weighted by Crippen LogP contribution is 2.36. The quantitative estimate of drug-likeness (QED) is 0.723. The van der Waals surface area contributed by atoms with Crippen LogP contribution in [0.25, 0.3) is 0 Å². The van der Waals surface area contributed by atoms with Gasteiger partial charge >= 0.3 is 5.69 Å². The molecule has 1 saturated carbocycles. The van der Waals surface area contributed by atoms with Crippen molar-refractivity contribution < 1.29 is 9.90 Å². The highest BCUT2D eigenvalue weighted by molar-refractivity contribution is 6.04. The van der Waals surface area contributed by atoms with Crippen LogP contribution in [-0.4, -0.2) is 45.4 Å². The molecule has 0 spiro atoms. The van der Waals surface area contributed by atoms with Gasteiger partial charge in [0.15, 0.2) is 0 Å². The summed E-state index contributed by atoms with van der Waals surface area (Å²) in [6.07, 6.45) is 5.10. The molecule has 0 saturated heterocycles. The lowest BCUT2D eigenvalue weighted by molar-refractivity contribution is -0.132. The van der Waals surface area contributed by atoms with Gasteiger partial charge in [0.1, 0.15) is 5.56 Å². The van der Waals surface area contributed by atoms with E-state index in [1.54, 1.807) is 6.92 Å². The number of anilines is 1. The Morgan fingerprint density at radius 1 is 1.15 bits per heavy atom. The van der Waals surface area contributed by atoms with Crippen molar-refractivity contribution in [2.45, 2.75) is 64.0 Å². The lowest BCUT2D eigenvalue weighted by Crippen LogP contribution is -2.36. The molecule has 2 N–H and O–H groups in total. The average molecular weight is 454 g/mol. The first-order valence-electron chi connectivity index (χ1n) is 11.6. The number of nitrogens with zero attached hydrogens (tertiary/aromatic N) is 4. The maximum atomic E-state index is 12.8. The molecule has 1 aliphatic carbocycles. The Morgan fingerprint density at radius 2 is 1.82 bits per heavy atom. The van der Waals surface area contributed by atoms with Crippen molar-refractivity contribution in [2.75, 3.05) is 19.0 Å². The zero-order chi connectivity index (χ0) is 23.7. The van der Waals surface area contributed by atoms with Crippen molar-refractivity contribution in [3.05, 3.63) is 56.2 Å². The minimum atomic E-state index is -0.684. The minimum Gasteiger partial charge on any atom is -0.494 e. The maximum Gasteiger partial charge on any atom is 0.331 e. The highest BCUT2D eigenvalue weighted by atomic mass is 16.3. The van der Waals surface area contributed by atoms with Gasteiger partial charge in [-0.1, -0.05) is 38.3 Å². The number of rotatable bonds is 5. The number of hydrogen-bond acceptors (Lipinski definition) is 6. The smallest absolute Gasteiger partial charge is 0.331 e. The number of carbonyl (C=O) groups excluding carboxylic acids is 1. The zero-order valence-electron chi connectivity index (χ0n) is 19.4. The molecule has 1 fully saturated rings. The van der Waals surface area contributed by atoms with Gasteiger partial charge in [-0.25, -0.2) is 9.80 Å². The van der Waals surface area contributed by atoms with Gasteiger partial charge in [-0.3, -0.25) is 19.1 Å². The number of aromatic hydroxyl groups is 1. The maximum absolute atomic E-state index is 12.8. The Bertz CT molecular complexity index is 1170. The summed E-state index contributed by atoms with van der Waals surface area (Å²) in [7, 11) is 3.91. The molecule has 33 heavy (non-hydrogen) atoms. The molecule has 1 amide bonds. The summed E-state index contributed by atoms with van der Waals surface area (Å²) in [4.78, 5) is 42.4. The van der Waals surface area contributed by atoms with Crippen LogP contribution < -0.4 is 16.1 Å². The standard InChI is InChI=1S/C24H31N5O4/c1-4-20(30)29-19(15-10-12-16(13-11-15)27(2)3)14-18(26-29)21-22(31)25-24(33)28(23(21)32)17-8-6-5-7-9-17/h10-13,17,19,32H,4-9,14H2,1-3H3,(H,25,31,33). The Hall–Kier alpha value is -3.36. The van der Waals surface area contributed by atoms with E-state index in [0.717, 1.165) is 43.4 Å². The van der Waals surface area contributed by atoms with E-state index in [-0.39, 0.29) is 36.2 Å². The molecule has 1 aliphatic heterocycles. The topological polar surface area (TPSA) is 111 Å². The van der Waals surface area contributed by atoms with Gasteiger partial charge in [-0.15, -0.1) is 0 Å². The molecule has 9 heteroatoms. The van der Waals surface area contributed by atoms with Gasteiger partial charge in [-0.2, -0.15) is 5.10 Å². The second-order valence-electron chi connectivity index (χ2n) is 8.96. The molecule has 2 aliphatic rings. The van der Waals surface area contributed by atoms with E-state index < -0.39 is 17.3 Å². The monoisotopic (exact) mass is 453 g/mol. The zero-order valence-corrected chi connectivity index (χ0v) is 19.4. The van der Waals surface area contributed by atoms with Gasteiger partial charge in [0, 0.05) is 38.7 Å². The molecule has 9 nitrogen and oxygen atoms in total. The van der Waals surface area contributed by atoms with Gasteiger partial charge in [0.05, 0.1) is 11.8 Å². The molecule has 1 unspecified atom stereocenters. The van der Waals surface area contributed by atoms with E-state index in [1.165, 1.54) is 9.58 Å². The molecule has 2 heterocycles. The number of nitrogens with one attached hydrogen (secondary N) is 1. The van der Waals surface area contributed by atoms with Crippen molar-refractivity contribution >= 4 is 17.3 Å². The number of hydrogen-bond donors (Lipinski definition) is 2. The fourth-order valence-corrected chi connectivity index (χ4v) is 4.78. The minimum absolute atomic E-state index is 0.0264. The summed E-state index contributed by atoms with van der Waals surface area (Å²) >= 11 is 0.